The maximum atomic E-state index is 4.85. The van der Waals surface area contributed by atoms with Gasteiger partial charge in [-0.15, -0.1) is 11.3 Å². The second-order valence-electron chi connectivity index (χ2n) is 9.29. The van der Waals surface area contributed by atoms with Gasteiger partial charge >= 0.3 is 0 Å². The molecule has 0 unspecified atom stereocenters. The summed E-state index contributed by atoms with van der Waals surface area (Å²) in [7, 11) is 1.50. The molecule has 0 atom stereocenters. The van der Waals surface area contributed by atoms with E-state index in [4.69, 9.17) is 4.98 Å². The van der Waals surface area contributed by atoms with Gasteiger partial charge in [0.25, 0.3) is 0 Å². The third kappa shape index (κ3) is 6.61. The van der Waals surface area contributed by atoms with Gasteiger partial charge in [-0.1, -0.05) is 108 Å². The van der Waals surface area contributed by atoms with Crippen molar-refractivity contribution in [1.29, 1.82) is 0 Å². The van der Waals surface area contributed by atoms with Crippen molar-refractivity contribution in [2.24, 2.45) is 0 Å². The van der Waals surface area contributed by atoms with Gasteiger partial charge in [-0.25, -0.2) is 4.98 Å². The molecule has 0 aliphatic heterocycles. The minimum atomic E-state index is 0.671. The third-order valence-corrected chi connectivity index (χ3v) is 8.39. The van der Waals surface area contributed by atoms with E-state index in [-0.39, 0.29) is 0 Å². The van der Waals surface area contributed by atoms with Crippen molar-refractivity contribution in [3.63, 3.8) is 0 Å². The molecule has 0 N–H and O–H groups in total. The summed E-state index contributed by atoms with van der Waals surface area (Å²) in [4.78, 5) is 6.05. The second-order valence-corrected chi connectivity index (χ2v) is 10.4. The van der Waals surface area contributed by atoms with Crippen LogP contribution in [0.15, 0.2) is 13.2 Å². The summed E-state index contributed by atoms with van der Waals surface area (Å²) < 4.78 is 0. The minimum absolute atomic E-state index is 0.671. The molecule has 0 amide bonds. The molecule has 28 heavy (non-hydrogen) atoms. The van der Waals surface area contributed by atoms with Gasteiger partial charge in [0.05, 0.1) is 15.6 Å². The maximum Gasteiger partial charge on any atom is 0.127 e. The lowest BCUT2D eigenvalue weighted by atomic mass is 9.49. The molecular weight excluding hydrogens is 357 g/mol. The molecule has 2 aliphatic carbocycles. The van der Waals surface area contributed by atoms with Crippen LogP contribution in [0.2, 0.25) is 11.6 Å². The van der Waals surface area contributed by atoms with E-state index in [1.165, 1.54) is 113 Å². The second kappa shape index (κ2) is 12.0. The molecule has 0 spiro atoms. The molecule has 2 saturated carbocycles. The summed E-state index contributed by atoms with van der Waals surface area (Å²) in [6.07, 6.45) is 25.6. The smallest absolute Gasteiger partial charge is 0.127 e. The van der Waals surface area contributed by atoms with E-state index in [2.05, 4.69) is 13.2 Å². The Hall–Kier alpha value is -0.825. The van der Waals surface area contributed by atoms with Gasteiger partial charge in [0.2, 0.25) is 0 Å². The van der Waals surface area contributed by atoms with Gasteiger partial charge in [-0.2, -0.15) is 0 Å². The van der Waals surface area contributed by atoms with Crippen molar-refractivity contribution >= 4 is 30.8 Å². The number of rotatable bonds is 5. The molecule has 2 aliphatic rings. The van der Waals surface area contributed by atoms with Gasteiger partial charge in [0, 0.05) is 5.92 Å². The molecule has 1 heterocycles. The van der Waals surface area contributed by atoms with Crippen LogP contribution in [0.3, 0.4) is 0 Å². The molecule has 154 valence electrons. The fraction of sp³-hybridized carbons (Fsp3) is 0.720. The number of hydrogen-bond acceptors (Lipinski definition) is 2. The predicted octanol–water partition coefficient (Wildman–Crippen LogP) is 8.40. The Morgan fingerprint density at radius 3 is 1.75 bits per heavy atom. The lowest BCUT2D eigenvalue weighted by Gasteiger charge is -2.29. The van der Waals surface area contributed by atoms with Crippen molar-refractivity contribution < 1.29 is 0 Å². The minimum Gasteiger partial charge on any atom is -0.241 e. The van der Waals surface area contributed by atoms with Crippen molar-refractivity contribution in [3.8, 4) is 0 Å². The van der Waals surface area contributed by atoms with Crippen LogP contribution in [0.1, 0.15) is 118 Å². The van der Waals surface area contributed by atoms with Gasteiger partial charge in [-0.3, -0.25) is 0 Å². The van der Waals surface area contributed by atoms with Crippen LogP contribution >= 0.6 is 11.3 Å². The summed E-state index contributed by atoms with van der Waals surface area (Å²) >= 11 is 1.84. The molecule has 3 heteroatoms. The number of thiazole rings is 1. The molecule has 2 fully saturated rings. The highest BCUT2D eigenvalue weighted by molar-refractivity contribution is 7.12. The molecule has 1 nitrogen and oxygen atoms in total. The molecule has 0 bridgehead atoms. The first-order chi connectivity index (χ1) is 13.8. The highest BCUT2D eigenvalue weighted by Gasteiger charge is 2.27. The normalized spacial score (nSPS) is 26.0. The zero-order valence-electron chi connectivity index (χ0n) is 18.0. The maximum absolute atomic E-state index is 4.85. The van der Waals surface area contributed by atoms with Crippen LogP contribution < -0.4 is 0 Å². The third-order valence-electron chi connectivity index (χ3n) is 7.16. The monoisotopic (exact) mass is 397 g/mol. The Balaban J connectivity index is 1.47. The van der Waals surface area contributed by atoms with Crippen LogP contribution in [0.25, 0.3) is 12.2 Å². The molecule has 3 rings (SSSR count). The zero-order valence-corrected chi connectivity index (χ0v) is 18.8. The van der Waals surface area contributed by atoms with E-state index >= 15 is 0 Å². The van der Waals surface area contributed by atoms with E-state index < -0.39 is 0 Å². The Bertz CT molecular complexity index is 562. The fourth-order valence-electron chi connectivity index (χ4n) is 5.43. The lowest BCUT2D eigenvalue weighted by Crippen LogP contribution is -2.18. The summed E-state index contributed by atoms with van der Waals surface area (Å²) in [6.45, 7) is 7.84. The Labute approximate surface area is 178 Å². The first-order valence-corrected chi connectivity index (χ1v) is 12.9. The molecule has 1 aromatic heterocycles. The van der Waals surface area contributed by atoms with Crippen molar-refractivity contribution in [3.05, 3.63) is 28.7 Å². The highest BCUT2D eigenvalue weighted by atomic mass is 32.1. The standard InChI is InChI=1S/C25H40BNS/c1-3-23-24(4-2)28-25(27-23)20-16-18-22(19-17-20)26-21-14-12-10-8-6-5-7-9-11-13-15-21/h3-4,20-22,26H,1-2,5-19H2. The van der Waals surface area contributed by atoms with Crippen LogP contribution in [-0.2, 0) is 0 Å². The first-order valence-electron chi connectivity index (χ1n) is 12.1. The number of nitrogens with zero attached hydrogens (tertiary/aromatic N) is 1. The SMILES string of the molecule is C=Cc1nc(C2CCC(BC3CCCCCCCCCCC3)CC2)sc1C=C. The van der Waals surface area contributed by atoms with Crippen molar-refractivity contribution in [2.45, 2.75) is 114 Å². The van der Waals surface area contributed by atoms with Crippen LogP contribution in [0.4, 0.5) is 0 Å². The largest absolute Gasteiger partial charge is 0.241 e. The van der Waals surface area contributed by atoms with Crippen LogP contribution in [0.5, 0.6) is 0 Å². The Morgan fingerprint density at radius 1 is 0.714 bits per heavy atom. The van der Waals surface area contributed by atoms with Crippen molar-refractivity contribution in [2.75, 3.05) is 0 Å². The van der Waals surface area contributed by atoms with Crippen molar-refractivity contribution in [1.82, 2.24) is 4.98 Å². The highest BCUT2D eigenvalue weighted by Crippen LogP contribution is 2.42. The van der Waals surface area contributed by atoms with Crippen LogP contribution in [-0.4, -0.2) is 12.3 Å². The first kappa shape index (κ1) is 21.9. The average Bonchev–Trinajstić information content (AvgIpc) is 3.14. The topological polar surface area (TPSA) is 12.9 Å². The molecule has 0 aromatic carbocycles. The molecular formula is C25H40BNS. The van der Waals surface area contributed by atoms with E-state index in [0.717, 1.165) is 17.3 Å². The summed E-state index contributed by atoms with van der Waals surface area (Å²) in [6, 6.07) is 0. The van der Waals surface area contributed by atoms with Gasteiger partial charge < -0.3 is 0 Å². The average molecular weight is 397 g/mol. The quantitative estimate of drug-likeness (QED) is 0.455. The number of hydrogen-bond donors (Lipinski definition) is 0. The van der Waals surface area contributed by atoms with Gasteiger partial charge in [0.1, 0.15) is 7.28 Å². The van der Waals surface area contributed by atoms with Gasteiger partial charge in [0.15, 0.2) is 0 Å². The molecule has 0 saturated heterocycles. The van der Waals surface area contributed by atoms with Gasteiger partial charge in [-0.05, 0) is 25.0 Å². The summed E-state index contributed by atoms with van der Waals surface area (Å²) in [5.41, 5.74) is 1.03. The fourth-order valence-corrected chi connectivity index (χ4v) is 6.52. The summed E-state index contributed by atoms with van der Waals surface area (Å²) in [5, 5.41) is 1.33. The molecule has 1 aromatic rings. The van der Waals surface area contributed by atoms with E-state index in [0.29, 0.717) is 5.92 Å². The van der Waals surface area contributed by atoms with E-state index in [1.54, 1.807) is 0 Å². The van der Waals surface area contributed by atoms with Crippen LogP contribution in [0, 0.1) is 0 Å². The predicted molar refractivity (Wildman–Crippen MR) is 129 cm³/mol. The number of aromatic nitrogens is 1. The molecule has 0 radical (unpaired) electrons. The van der Waals surface area contributed by atoms with E-state index in [1.807, 2.05) is 23.5 Å². The summed E-state index contributed by atoms with van der Waals surface area (Å²) in [5.74, 6) is 2.64. The zero-order chi connectivity index (χ0) is 19.6. The Kier molecular flexibility index (Phi) is 9.38. The lowest BCUT2D eigenvalue weighted by molar-refractivity contribution is 0.433. The Morgan fingerprint density at radius 2 is 1.25 bits per heavy atom. The van der Waals surface area contributed by atoms with E-state index in [9.17, 15) is 0 Å².